The van der Waals surface area contributed by atoms with E-state index in [4.69, 9.17) is 0 Å². The van der Waals surface area contributed by atoms with E-state index in [9.17, 15) is 4.79 Å². The van der Waals surface area contributed by atoms with Gasteiger partial charge in [-0.2, -0.15) is 0 Å². The quantitative estimate of drug-likeness (QED) is 0.609. The van der Waals surface area contributed by atoms with E-state index >= 15 is 0 Å². The third-order valence-corrected chi connectivity index (χ3v) is 5.17. The summed E-state index contributed by atoms with van der Waals surface area (Å²) in [6, 6.07) is 1.67. The molecule has 2 fully saturated rings. The number of carbonyl (C=O) groups is 1. The van der Waals surface area contributed by atoms with Crippen molar-refractivity contribution in [2.45, 2.75) is 71.0 Å². The maximum absolute atomic E-state index is 10.9. The lowest BCUT2D eigenvalue weighted by Gasteiger charge is -2.42. The Morgan fingerprint density at radius 2 is 1.88 bits per heavy atom. The molecule has 0 radical (unpaired) electrons. The molecule has 2 unspecified atom stereocenters. The standard InChI is InChI=1S/C20H28N4O/c1-15(2)23-13-18-9-10-19(14-23)24(18)20-21-11-17(12-22-20)8-6-4-5-7-16(3)25/h11-12,15,18-19H,4-5,7,9-10,13-14H2,1-3H3. The lowest BCUT2D eigenvalue weighted by Crippen LogP contribution is -2.56. The third kappa shape index (κ3) is 4.38. The van der Waals surface area contributed by atoms with Crippen LogP contribution in [0.15, 0.2) is 12.4 Å². The minimum absolute atomic E-state index is 0.224. The van der Waals surface area contributed by atoms with Crippen LogP contribution in [0.4, 0.5) is 5.95 Å². The van der Waals surface area contributed by atoms with Crippen molar-refractivity contribution in [1.82, 2.24) is 14.9 Å². The number of hydrogen-bond acceptors (Lipinski definition) is 5. The maximum atomic E-state index is 10.9. The number of likely N-dealkylation sites (tertiary alicyclic amines) is 1. The molecule has 0 spiro atoms. The van der Waals surface area contributed by atoms with Gasteiger partial charge in [-0.25, -0.2) is 9.97 Å². The number of nitrogens with zero attached hydrogens (tertiary/aromatic N) is 4. The zero-order valence-corrected chi connectivity index (χ0v) is 15.5. The lowest BCUT2D eigenvalue weighted by molar-refractivity contribution is -0.117. The molecule has 0 aliphatic carbocycles. The van der Waals surface area contributed by atoms with Crippen LogP contribution in [0.3, 0.4) is 0 Å². The van der Waals surface area contributed by atoms with E-state index in [1.807, 2.05) is 12.4 Å². The summed E-state index contributed by atoms with van der Waals surface area (Å²) < 4.78 is 0. The number of aromatic nitrogens is 2. The number of Topliss-reactive ketones (excluding diaryl/α,β-unsaturated/α-hetero) is 1. The van der Waals surface area contributed by atoms with E-state index in [2.05, 4.69) is 45.5 Å². The second-order valence-electron chi connectivity index (χ2n) is 7.47. The van der Waals surface area contributed by atoms with Gasteiger partial charge in [-0.05, 0) is 40.0 Å². The number of carbonyl (C=O) groups excluding carboxylic acids is 1. The van der Waals surface area contributed by atoms with Gasteiger partial charge in [0.05, 0.1) is 5.56 Å². The lowest BCUT2D eigenvalue weighted by atomic mass is 10.1. The van der Waals surface area contributed by atoms with Gasteiger partial charge < -0.3 is 9.69 Å². The van der Waals surface area contributed by atoms with Crippen LogP contribution < -0.4 is 4.90 Å². The molecule has 1 aromatic heterocycles. The first kappa shape index (κ1) is 17.9. The average Bonchev–Trinajstić information content (AvgIpc) is 2.84. The van der Waals surface area contributed by atoms with E-state index in [0.29, 0.717) is 24.5 Å². The molecule has 2 atom stereocenters. The van der Waals surface area contributed by atoms with Gasteiger partial charge in [-0.15, -0.1) is 0 Å². The zero-order valence-electron chi connectivity index (χ0n) is 15.5. The molecular formula is C20H28N4O. The summed E-state index contributed by atoms with van der Waals surface area (Å²) in [5.41, 5.74) is 0.847. The van der Waals surface area contributed by atoms with Crippen LogP contribution in [-0.2, 0) is 4.79 Å². The summed E-state index contributed by atoms with van der Waals surface area (Å²) in [5.74, 6) is 7.27. The molecule has 0 aromatic carbocycles. The zero-order chi connectivity index (χ0) is 17.8. The summed E-state index contributed by atoms with van der Waals surface area (Å²) in [4.78, 5) is 25.1. The summed E-state index contributed by atoms with van der Waals surface area (Å²) >= 11 is 0. The number of rotatable bonds is 5. The Bertz CT molecular complexity index is 645. The molecule has 2 aliphatic heterocycles. The summed E-state index contributed by atoms with van der Waals surface area (Å²) in [6.07, 6.45) is 8.29. The SMILES string of the molecule is CC(=O)CCCC#Cc1cnc(N2C3CCC2CN(C(C)C)C3)nc1. The Hall–Kier alpha value is -1.93. The van der Waals surface area contributed by atoms with Gasteiger partial charge in [0, 0.05) is 56.5 Å². The molecule has 25 heavy (non-hydrogen) atoms. The average molecular weight is 340 g/mol. The minimum atomic E-state index is 0.224. The van der Waals surface area contributed by atoms with Gasteiger partial charge in [-0.1, -0.05) is 11.8 Å². The van der Waals surface area contributed by atoms with Crippen molar-refractivity contribution in [3.8, 4) is 11.8 Å². The molecule has 0 amide bonds. The molecule has 3 rings (SSSR count). The molecule has 0 saturated carbocycles. The monoisotopic (exact) mass is 340 g/mol. The molecule has 5 heteroatoms. The number of unbranched alkanes of at least 4 members (excludes halogenated alkanes) is 1. The molecule has 3 heterocycles. The second kappa shape index (κ2) is 7.97. The van der Waals surface area contributed by atoms with E-state index in [1.165, 1.54) is 12.8 Å². The van der Waals surface area contributed by atoms with Gasteiger partial charge in [0.2, 0.25) is 5.95 Å². The van der Waals surface area contributed by atoms with E-state index in [-0.39, 0.29) is 5.78 Å². The Kier molecular flexibility index (Phi) is 5.70. The van der Waals surface area contributed by atoms with Crippen LogP contribution in [0.5, 0.6) is 0 Å². The topological polar surface area (TPSA) is 49.3 Å². The van der Waals surface area contributed by atoms with Crippen LogP contribution in [-0.4, -0.2) is 51.9 Å². The van der Waals surface area contributed by atoms with Crippen molar-refractivity contribution in [2.75, 3.05) is 18.0 Å². The number of fused-ring (bicyclic) bond motifs is 2. The predicted molar refractivity (Wildman–Crippen MR) is 99.4 cm³/mol. The fourth-order valence-corrected chi connectivity index (χ4v) is 3.79. The van der Waals surface area contributed by atoms with Gasteiger partial charge in [-0.3, -0.25) is 4.90 Å². The van der Waals surface area contributed by atoms with Crippen molar-refractivity contribution < 1.29 is 4.79 Å². The first-order valence-electron chi connectivity index (χ1n) is 9.37. The minimum Gasteiger partial charge on any atom is -0.332 e. The number of hydrogen-bond donors (Lipinski definition) is 0. The third-order valence-electron chi connectivity index (χ3n) is 5.17. The van der Waals surface area contributed by atoms with Gasteiger partial charge >= 0.3 is 0 Å². The Labute approximate surface area is 150 Å². The van der Waals surface area contributed by atoms with Crippen LogP contribution in [0.25, 0.3) is 0 Å². The highest BCUT2D eigenvalue weighted by atomic mass is 16.1. The summed E-state index contributed by atoms with van der Waals surface area (Å²) in [7, 11) is 0. The van der Waals surface area contributed by atoms with Crippen molar-refractivity contribution in [1.29, 1.82) is 0 Å². The summed E-state index contributed by atoms with van der Waals surface area (Å²) in [5, 5.41) is 0. The van der Waals surface area contributed by atoms with Gasteiger partial charge in [0.25, 0.3) is 0 Å². The highest BCUT2D eigenvalue weighted by Crippen LogP contribution is 2.33. The highest BCUT2D eigenvalue weighted by Gasteiger charge is 2.41. The van der Waals surface area contributed by atoms with Gasteiger partial charge in [0.1, 0.15) is 5.78 Å². The van der Waals surface area contributed by atoms with E-state index < -0.39 is 0 Å². The Morgan fingerprint density at radius 1 is 1.24 bits per heavy atom. The van der Waals surface area contributed by atoms with Crippen molar-refractivity contribution in [2.24, 2.45) is 0 Å². The first-order valence-corrected chi connectivity index (χ1v) is 9.37. The molecule has 0 N–H and O–H groups in total. The van der Waals surface area contributed by atoms with Crippen LogP contribution in [0, 0.1) is 11.8 Å². The fraction of sp³-hybridized carbons (Fsp3) is 0.650. The first-order chi connectivity index (χ1) is 12.0. The summed E-state index contributed by atoms with van der Waals surface area (Å²) in [6.45, 7) is 8.38. The molecule has 1 aromatic rings. The largest absolute Gasteiger partial charge is 0.332 e. The predicted octanol–water partition coefficient (Wildman–Crippen LogP) is 2.65. The Morgan fingerprint density at radius 3 is 2.44 bits per heavy atom. The van der Waals surface area contributed by atoms with Crippen LogP contribution in [0.2, 0.25) is 0 Å². The van der Waals surface area contributed by atoms with Crippen LogP contribution >= 0.6 is 0 Å². The van der Waals surface area contributed by atoms with Crippen molar-refractivity contribution >= 4 is 11.7 Å². The van der Waals surface area contributed by atoms with Crippen LogP contribution in [0.1, 0.15) is 58.4 Å². The number of ketones is 1. The fourth-order valence-electron chi connectivity index (χ4n) is 3.79. The number of anilines is 1. The normalized spacial score (nSPS) is 22.8. The van der Waals surface area contributed by atoms with Gasteiger partial charge in [0.15, 0.2) is 0 Å². The maximum Gasteiger partial charge on any atom is 0.225 e. The molecule has 2 aliphatic rings. The number of piperazine rings is 1. The van der Waals surface area contributed by atoms with E-state index in [0.717, 1.165) is 37.4 Å². The second-order valence-corrected chi connectivity index (χ2v) is 7.47. The van der Waals surface area contributed by atoms with Crippen molar-refractivity contribution in [3.05, 3.63) is 18.0 Å². The smallest absolute Gasteiger partial charge is 0.225 e. The van der Waals surface area contributed by atoms with E-state index in [1.54, 1.807) is 6.92 Å². The Balaban J connectivity index is 1.60. The highest BCUT2D eigenvalue weighted by molar-refractivity contribution is 5.75. The molecule has 5 nitrogen and oxygen atoms in total. The molecule has 2 saturated heterocycles. The molecule has 2 bridgehead atoms. The van der Waals surface area contributed by atoms with Crippen molar-refractivity contribution in [3.63, 3.8) is 0 Å². The molecular weight excluding hydrogens is 312 g/mol. The molecule has 134 valence electrons.